The van der Waals surface area contributed by atoms with E-state index in [0.29, 0.717) is 25.2 Å². The minimum Gasteiger partial charge on any atom is -0.399 e. The van der Waals surface area contributed by atoms with Crippen LogP contribution >= 0.6 is 0 Å². The van der Waals surface area contributed by atoms with E-state index < -0.39 is 9.84 Å². The number of carbonyl (C=O) groups excluding carboxylic acids is 1. The molecule has 6 nitrogen and oxygen atoms in total. The molecule has 3 N–H and O–H groups in total. The largest absolute Gasteiger partial charge is 0.399 e. The first-order valence-electron chi connectivity index (χ1n) is 6.58. The molecule has 0 aromatic heterocycles. The van der Waals surface area contributed by atoms with Crippen LogP contribution in [0.3, 0.4) is 0 Å². The molecular formula is C13H17N3O3S. The molecule has 2 aliphatic rings. The van der Waals surface area contributed by atoms with Gasteiger partial charge in [0.15, 0.2) is 9.84 Å². The third-order valence-corrected chi connectivity index (χ3v) is 5.54. The van der Waals surface area contributed by atoms with Crippen LogP contribution in [0, 0.1) is 0 Å². The number of fused-ring (bicyclic) bond motifs is 1. The van der Waals surface area contributed by atoms with Crippen LogP contribution in [0.25, 0.3) is 0 Å². The summed E-state index contributed by atoms with van der Waals surface area (Å²) in [5, 5.41) is 2.86. The highest BCUT2D eigenvalue weighted by atomic mass is 32.2. The second-order valence-corrected chi connectivity index (χ2v) is 7.62. The predicted molar refractivity (Wildman–Crippen MR) is 77.2 cm³/mol. The number of hydrogen-bond acceptors (Lipinski definition) is 5. The van der Waals surface area contributed by atoms with E-state index in [-0.39, 0.29) is 23.5 Å². The first-order chi connectivity index (χ1) is 9.44. The molecule has 0 saturated carbocycles. The molecule has 3 rings (SSSR count). The van der Waals surface area contributed by atoms with Crippen LogP contribution in [0.5, 0.6) is 0 Å². The van der Waals surface area contributed by atoms with Crippen molar-refractivity contribution in [3.8, 4) is 0 Å². The lowest BCUT2D eigenvalue weighted by molar-refractivity contribution is -0.121. The Bertz CT molecular complexity index is 643. The molecule has 1 amide bonds. The summed E-state index contributed by atoms with van der Waals surface area (Å²) < 4.78 is 22.9. The first-order valence-corrected chi connectivity index (χ1v) is 8.40. The van der Waals surface area contributed by atoms with Crippen molar-refractivity contribution >= 4 is 27.1 Å². The van der Waals surface area contributed by atoms with E-state index in [4.69, 9.17) is 5.73 Å². The third-order valence-electron chi connectivity index (χ3n) is 3.93. The molecule has 0 aliphatic carbocycles. The maximum Gasteiger partial charge on any atom is 0.242 e. The lowest BCUT2D eigenvalue weighted by Crippen LogP contribution is -2.53. The summed E-state index contributed by atoms with van der Waals surface area (Å²) >= 11 is 0. The molecule has 0 spiro atoms. The van der Waals surface area contributed by atoms with E-state index in [9.17, 15) is 13.2 Å². The Morgan fingerprint density at radius 1 is 1.25 bits per heavy atom. The van der Waals surface area contributed by atoms with Gasteiger partial charge in [0.1, 0.15) is 0 Å². The summed E-state index contributed by atoms with van der Waals surface area (Å²) in [4.78, 5) is 14.1. The van der Waals surface area contributed by atoms with Crippen LogP contribution < -0.4 is 11.1 Å². The molecule has 7 heteroatoms. The van der Waals surface area contributed by atoms with Crippen LogP contribution in [0.2, 0.25) is 0 Å². The summed E-state index contributed by atoms with van der Waals surface area (Å²) in [7, 11) is -2.93. The minimum atomic E-state index is -2.93. The molecule has 1 aromatic rings. The van der Waals surface area contributed by atoms with Gasteiger partial charge >= 0.3 is 0 Å². The summed E-state index contributed by atoms with van der Waals surface area (Å²) in [6, 6.07) is 5.19. The SMILES string of the molecule is Nc1ccc2c(c1)NC(=O)C(N1CCS(=O)(=O)CC1)C2. The van der Waals surface area contributed by atoms with Gasteiger partial charge in [0.2, 0.25) is 5.91 Å². The number of nitrogen functional groups attached to an aromatic ring is 1. The van der Waals surface area contributed by atoms with Gasteiger partial charge in [-0.15, -0.1) is 0 Å². The standard InChI is InChI=1S/C13H17N3O3S/c14-10-2-1-9-7-12(13(17)15-11(9)8-10)16-3-5-20(18,19)6-4-16/h1-2,8,12H,3-7,14H2,(H,15,17). The minimum absolute atomic E-state index is 0.0811. The first kappa shape index (κ1) is 13.4. The van der Waals surface area contributed by atoms with E-state index in [1.165, 1.54) is 0 Å². The number of nitrogens with zero attached hydrogens (tertiary/aromatic N) is 1. The van der Waals surface area contributed by atoms with Gasteiger partial charge in [-0.25, -0.2) is 8.42 Å². The number of nitrogens with two attached hydrogens (primary N) is 1. The Morgan fingerprint density at radius 3 is 2.65 bits per heavy atom. The van der Waals surface area contributed by atoms with Crippen LogP contribution in [0.15, 0.2) is 18.2 Å². The van der Waals surface area contributed by atoms with E-state index >= 15 is 0 Å². The van der Waals surface area contributed by atoms with Gasteiger partial charge in [0, 0.05) is 24.5 Å². The van der Waals surface area contributed by atoms with Crippen LogP contribution in [-0.4, -0.2) is 49.9 Å². The zero-order valence-corrected chi connectivity index (χ0v) is 11.8. The fraction of sp³-hybridized carbons (Fsp3) is 0.462. The van der Waals surface area contributed by atoms with Gasteiger partial charge in [0.05, 0.1) is 17.5 Å². The van der Waals surface area contributed by atoms with Gasteiger partial charge in [-0.3, -0.25) is 9.69 Å². The smallest absolute Gasteiger partial charge is 0.242 e. The zero-order valence-electron chi connectivity index (χ0n) is 11.0. The summed E-state index contributed by atoms with van der Waals surface area (Å²) in [6.07, 6.45) is 0.599. The van der Waals surface area contributed by atoms with Crippen molar-refractivity contribution in [1.29, 1.82) is 0 Å². The summed E-state index contributed by atoms with van der Waals surface area (Å²) in [5.74, 6) is 0.180. The molecule has 0 radical (unpaired) electrons. The second kappa shape index (κ2) is 4.75. The van der Waals surface area contributed by atoms with Crippen molar-refractivity contribution < 1.29 is 13.2 Å². The average Bonchev–Trinajstić information content (AvgIpc) is 2.38. The zero-order chi connectivity index (χ0) is 14.3. The van der Waals surface area contributed by atoms with Crippen molar-refractivity contribution in [1.82, 2.24) is 4.90 Å². The number of sulfone groups is 1. The quantitative estimate of drug-likeness (QED) is 0.704. The fourth-order valence-electron chi connectivity index (χ4n) is 2.74. The molecule has 0 bridgehead atoms. The van der Waals surface area contributed by atoms with E-state index in [1.807, 2.05) is 17.0 Å². The van der Waals surface area contributed by atoms with Gasteiger partial charge in [0.25, 0.3) is 0 Å². The molecule has 1 unspecified atom stereocenters. The Balaban J connectivity index is 1.79. The van der Waals surface area contributed by atoms with Crippen molar-refractivity contribution in [2.75, 3.05) is 35.6 Å². The highest BCUT2D eigenvalue weighted by Gasteiger charge is 2.34. The third kappa shape index (κ3) is 2.51. The Kier molecular flexibility index (Phi) is 3.18. The normalized spacial score (nSPS) is 25.8. The molecule has 1 aromatic carbocycles. The highest BCUT2D eigenvalue weighted by Crippen LogP contribution is 2.27. The van der Waals surface area contributed by atoms with Gasteiger partial charge in [-0.2, -0.15) is 0 Å². The molecule has 2 heterocycles. The van der Waals surface area contributed by atoms with Gasteiger partial charge in [-0.1, -0.05) is 6.07 Å². The van der Waals surface area contributed by atoms with Gasteiger partial charge in [-0.05, 0) is 24.1 Å². The van der Waals surface area contributed by atoms with Crippen LogP contribution in [0.1, 0.15) is 5.56 Å². The number of benzene rings is 1. The number of nitrogens with one attached hydrogen (secondary N) is 1. The molecule has 20 heavy (non-hydrogen) atoms. The van der Waals surface area contributed by atoms with E-state index in [1.54, 1.807) is 6.07 Å². The maximum absolute atomic E-state index is 12.2. The molecular weight excluding hydrogens is 278 g/mol. The molecule has 108 valence electrons. The topological polar surface area (TPSA) is 92.5 Å². The average molecular weight is 295 g/mol. The lowest BCUT2D eigenvalue weighted by Gasteiger charge is -2.36. The Morgan fingerprint density at radius 2 is 1.95 bits per heavy atom. The van der Waals surface area contributed by atoms with Crippen molar-refractivity contribution in [3.05, 3.63) is 23.8 Å². The number of hydrogen-bond donors (Lipinski definition) is 2. The van der Waals surface area contributed by atoms with Crippen molar-refractivity contribution in [3.63, 3.8) is 0 Å². The Hall–Kier alpha value is -1.60. The number of rotatable bonds is 1. The second-order valence-electron chi connectivity index (χ2n) is 5.31. The number of carbonyl (C=O) groups is 1. The number of anilines is 2. The molecule has 1 saturated heterocycles. The monoisotopic (exact) mass is 295 g/mol. The van der Waals surface area contributed by atoms with Gasteiger partial charge < -0.3 is 11.1 Å². The lowest BCUT2D eigenvalue weighted by atomic mass is 9.97. The van der Waals surface area contributed by atoms with Crippen molar-refractivity contribution in [2.24, 2.45) is 0 Å². The maximum atomic E-state index is 12.2. The summed E-state index contributed by atoms with van der Waals surface area (Å²) in [6.45, 7) is 0.843. The molecule has 1 atom stereocenters. The highest BCUT2D eigenvalue weighted by molar-refractivity contribution is 7.91. The number of amides is 1. The van der Waals surface area contributed by atoms with Crippen molar-refractivity contribution in [2.45, 2.75) is 12.5 Å². The molecule has 2 aliphatic heterocycles. The van der Waals surface area contributed by atoms with E-state index in [2.05, 4.69) is 5.32 Å². The van der Waals surface area contributed by atoms with Crippen LogP contribution in [0.4, 0.5) is 11.4 Å². The van der Waals surface area contributed by atoms with E-state index in [0.717, 1.165) is 11.3 Å². The fourth-order valence-corrected chi connectivity index (χ4v) is 3.97. The summed E-state index contributed by atoms with van der Waals surface area (Å²) in [5.41, 5.74) is 8.12. The predicted octanol–water partition coefficient (Wildman–Crippen LogP) is -0.138. The Labute approximate surface area is 117 Å². The molecule has 1 fully saturated rings. The van der Waals surface area contributed by atoms with Crippen LogP contribution in [-0.2, 0) is 21.1 Å².